The third kappa shape index (κ3) is 4.29. The molecule has 1 saturated heterocycles. The number of H-pyrrole nitrogens is 1. The summed E-state index contributed by atoms with van der Waals surface area (Å²) >= 11 is 0. The van der Waals surface area contributed by atoms with Crippen molar-refractivity contribution in [3.05, 3.63) is 36.0 Å². The Bertz CT molecular complexity index is 703. The summed E-state index contributed by atoms with van der Waals surface area (Å²) in [6.07, 6.45) is -1.65. The molecule has 3 rings (SSSR count). The fourth-order valence-electron chi connectivity index (χ4n) is 3.10. The number of likely N-dealkylation sites (tertiary alicyclic amines) is 1. The van der Waals surface area contributed by atoms with Crippen molar-refractivity contribution >= 4 is 16.9 Å². The van der Waals surface area contributed by atoms with Crippen LogP contribution in [0.5, 0.6) is 0 Å². The van der Waals surface area contributed by atoms with Gasteiger partial charge in [-0.1, -0.05) is 18.2 Å². The van der Waals surface area contributed by atoms with Crippen LogP contribution in [0.25, 0.3) is 10.9 Å². The number of fused-ring (bicyclic) bond motifs is 1. The molecule has 7 heteroatoms. The van der Waals surface area contributed by atoms with Crippen LogP contribution in [0.2, 0.25) is 0 Å². The Morgan fingerprint density at radius 3 is 2.67 bits per heavy atom. The lowest BCUT2D eigenvalue weighted by atomic mass is 10.1. The summed E-state index contributed by atoms with van der Waals surface area (Å²) in [4.78, 5) is 16.6. The second-order valence-electron chi connectivity index (χ2n) is 6.12. The van der Waals surface area contributed by atoms with E-state index >= 15 is 0 Å². The molecule has 1 aliphatic heterocycles. The molecule has 0 amide bonds. The van der Waals surface area contributed by atoms with E-state index in [9.17, 15) is 18.0 Å². The van der Waals surface area contributed by atoms with Crippen molar-refractivity contribution in [1.29, 1.82) is 0 Å². The minimum absolute atomic E-state index is 0.160. The number of aromatic nitrogens is 1. The second kappa shape index (κ2) is 6.84. The number of para-hydroxylation sites is 1. The van der Waals surface area contributed by atoms with Crippen molar-refractivity contribution in [2.75, 3.05) is 19.6 Å². The van der Waals surface area contributed by atoms with Crippen molar-refractivity contribution in [3.8, 4) is 0 Å². The molecule has 0 saturated carbocycles. The van der Waals surface area contributed by atoms with Gasteiger partial charge in [0.2, 0.25) is 0 Å². The zero-order valence-electron chi connectivity index (χ0n) is 13.1. The zero-order chi connectivity index (χ0) is 17.2. The number of carbonyl (C=O) groups is 1. The molecule has 1 aliphatic rings. The van der Waals surface area contributed by atoms with Crippen LogP contribution in [0.15, 0.2) is 30.5 Å². The summed E-state index contributed by atoms with van der Waals surface area (Å²) in [7, 11) is 0. The maximum Gasteiger partial charge on any atom is 0.401 e. The van der Waals surface area contributed by atoms with Gasteiger partial charge in [-0.3, -0.25) is 9.69 Å². The van der Waals surface area contributed by atoms with Crippen LogP contribution in [0, 0.1) is 0 Å². The minimum atomic E-state index is -4.18. The topological polar surface area (TPSA) is 45.3 Å². The third-order valence-corrected chi connectivity index (χ3v) is 4.25. The zero-order valence-corrected chi connectivity index (χ0v) is 13.1. The lowest BCUT2D eigenvalue weighted by Gasteiger charge is -2.31. The molecule has 1 aromatic carbocycles. The average Bonchev–Trinajstić information content (AvgIpc) is 2.91. The smallest absolute Gasteiger partial charge is 0.401 e. The highest BCUT2D eigenvalue weighted by atomic mass is 19.4. The highest BCUT2D eigenvalue weighted by Crippen LogP contribution is 2.22. The van der Waals surface area contributed by atoms with Crippen LogP contribution >= 0.6 is 0 Å². The van der Waals surface area contributed by atoms with E-state index in [1.54, 1.807) is 6.20 Å². The number of nitrogens with one attached hydrogen (secondary N) is 1. The van der Waals surface area contributed by atoms with Crippen molar-refractivity contribution in [2.24, 2.45) is 0 Å². The van der Waals surface area contributed by atoms with E-state index in [1.807, 2.05) is 24.3 Å². The van der Waals surface area contributed by atoms with Gasteiger partial charge in [0.1, 0.15) is 6.10 Å². The van der Waals surface area contributed by atoms with Crippen LogP contribution < -0.4 is 0 Å². The van der Waals surface area contributed by atoms with Crippen LogP contribution in [-0.2, 0) is 16.0 Å². The number of hydrogen-bond acceptors (Lipinski definition) is 3. The lowest BCUT2D eigenvalue weighted by Crippen LogP contribution is -2.42. The molecule has 1 aromatic heterocycles. The molecule has 0 radical (unpaired) electrons. The van der Waals surface area contributed by atoms with Crippen molar-refractivity contribution < 1.29 is 22.7 Å². The van der Waals surface area contributed by atoms with Crippen molar-refractivity contribution in [1.82, 2.24) is 9.88 Å². The number of esters is 1. The number of carbonyl (C=O) groups excluding carboxylic acids is 1. The van der Waals surface area contributed by atoms with E-state index in [4.69, 9.17) is 4.74 Å². The molecule has 4 nitrogen and oxygen atoms in total. The Hall–Kier alpha value is -2.02. The first-order valence-corrected chi connectivity index (χ1v) is 7.94. The fourth-order valence-corrected chi connectivity index (χ4v) is 3.10. The molecule has 2 aromatic rings. The van der Waals surface area contributed by atoms with Gasteiger partial charge in [-0.2, -0.15) is 13.2 Å². The van der Waals surface area contributed by atoms with Crippen molar-refractivity contribution in [2.45, 2.75) is 31.5 Å². The predicted molar refractivity (Wildman–Crippen MR) is 83.6 cm³/mol. The van der Waals surface area contributed by atoms with Crippen molar-refractivity contribution in [3.63, 3.8) is 0 Å². The third-order valence-electron chi connectivity index (χ3n) is 4.25. The number of rotatable bonds is 4. The van der Waals surface area contributed by atoms with Gasteiger partial charge < -0.3 is 9.72 Å². The number of benzene rings is 1. The normalized spacial score (nSPS) is 17.3. The largest absolute Gasteiger partial charge is 0.462 e. The highest BCUT2D eigenvalue weighted by Gasteiger charge is 2.33. The minimum Gasteiger partial charge on any atom is -0.462 e. The van der Waals surface area contributed by atoms with E-state index in [0.717, 1.165) is 16.5 Å². The van der Waals surface area contributed by atoms with Crippen LogP contribution in [0.1, 0.15) is 18.4 Å². The Morgan fingerprint density at radius 2 is 1.96 bits per heavy atom. The number of piperidine rings is 1. The number of hydrogen-bond donors (Lipinski definition) is 1. The molecule has 1 fully saturated rings. The van der Waals surface area contributed by atoms with Gasteiger partial charge in [-0.25, -0.2) is 0 Å². The maximum absolute atomic E-state index is 12.4. The first kappa shape index (κ1) is 16.8. The first-order chi connectivity index (χ1) is 11.4. The molecular weight excluding hydrogens is 321 g/mol. The number of alkyl halides is 3. The van der Waals surface area contributed by atoms with Gasteiger partial charge in [-0.05, 0) is 24.5 Å². The van der Waals surface area contributed by atoms with E-state index < -0.39 is 12.7 Å². The number of halogens is 3. The number of nitrogens with zero attached hydrogens (tertiary/aromatic N) is 1. The fraction of sp³-hybridized carbons (Fsp3) is 0.471. The summed E-state index contributed by atoms with van der Waals surface area (Å²) in [5, 5.41) is 0.981. The van der Waals surface area contributed by atoms with Gasteiger partial charge in [0.15, 0.2) is 0 Å². The average molecular weight is 340 g/mol. The monoisotopic (exact) mass is 340 g/mol. The van der Waals surface area contributed by atoms with Gasteiger partial charge in [-0.15, -0.1) is 0 Å². The van der Waals surface area contributed by atoms with E-state index in [0.29, 0.717) is 25.9 Å². The summed E-state index contributed by atoms with van der Waals surface area (Å²) in [6, 6.07) is 7.68. The molecule has 0 spiro atoms. The van der Waals surface area contributed by atoms with Crippen LogP contribution in [0.3, 0.4) is 0 Å². The number of ether oxygens (including phenoxy) is 1. The quantitative estimate of drug-likeness (QED) is 0.869. The van der Waals surface area contributed by atoms with E-state index in [2.05, 4.69) is 4.98 Å². The number of aromatic amines is 1. The molecule has 0 bridgehead atoms. The Balaban J connectivity index is 1.50. The molecule has 2 heterocycles. The standard InChI is InChI=1S/C17H19F3N2O2/c18-17(19,20)11-22-7-5-13(6-8-22)24-16(23)9-12-10-21-15-4-2-1-3-14(12)15/h1-4,10,13,21H,5-9,11H2. The molecule has 1 N–H and O–H groups in total. The molecular formula is C17H19F3N2O2. The van der Waals surface area contributed by atoms with Gasteiger partial charge in [0, 0.05) is 30.2 Å². The van der Waals surface area contributed by atoms with E-state index in [1.165, 1.54) is 4.90 Å². The van der Waals surface area contributed by atoms with Crippen LogP contribution in [0.4, 0.5) is 13.2 Å². The van der Waals surface area contributed by atoms with Gasteiger partial charge >= 0.3 is 12.1 Å². The Kier molecular flexibility index (Phi) is 4.80. The predicted octanol–water partition coefficient (Wildman–Crippen LogP) is 3.28. The second-order valence-corrected chi connectivity index (χ2v) is 6.12. The summed E-state index contributed by atoms with van der Waals surface area (Å²) in [5.74, 6) is -0.339. The van der Waals surface area contributed by atoms with Crippen LogP contribution in [-0.4, -0.2) is 47.8 Å². The molecule has 0 atom stereocenters. The first-order valence-electron chi connectivity index (χ1n) is 7.94. The molecule has 0 unspecified atom stereocenters. The SMILES string of the molecule is O=C(Cc1c[nH]c2ccccc12)OC1CCN(CC(F)(F)F)CC1. The maximum atomic E-state index is 12.4. The Morgan fingerprint density at radius 1 is 1.25 bits per heavy atom. The van der Waals surface area contributed by atoms with E-state index in [-0.39, 0.29) is 18.5 Å². The Labute approximate surface area is 137 Å². The summed E-state index contributed by atoms with van der Waals surface area (Å²) in [5.41, 5.74) is 1.82. The highest BCUT2D eigenvalue weighted by molar-refractivity contribution is 5.87. The van der Waals surface area contributed by atoms with Gasteiger partial charge in [0.05, 0.1) is 13.0 Å². The summed E-state index contributed by atoms with van der Waals surface area (Å²) in [6.45, 7) is -0.307. The summed E-state index contributed by atoms with van der Waals surface area (Å²) < 4.78 is 42.5. The molecule has 130 valence electrons. The van der Waals surface area contributed by atoms with Gasteiger partial charge in [0.25, 0.3) is 0 Å². The lowest BCUT2D eigenvalue weighted by molar-refractivity contribution is -0.159. The molecule has 0 aliphatic carbocycles. The molecule has 24 heavy (non-hydrogen) atoms.